The molecule has 2 aromatic rings. The normalized spacial score (nSPS) is 10.4. The van der Waals surface area contributed by atoms with Crippen molar-refractivity contribution < 1.29 is 9.53 Å². The number of ether oxygens (including phenoxy) is 1. The Balaban J connectivity index is 1.76. The number of thiophene rings is 1. The minimum absolute atomic E-state index is 0.106. The van der Waals surface area contributed by atoms with Gasteiger partial charge in [-0.1, -0.05) is 17.7 Å². The van der Waals surface area contributed by atoms with E-state index in [2.05, 4.69) is 18.4 Å². The van der Waals surface area contributed by atoms with Crippen molar-refractivity contribution in [3.63, 3.8) is 0 Å². The number of nitrogens with zero attached hydrogens (tertiary/aromatic N) is 1. The van der Waals surface area contributed by atoms with Crippen LogP contribution >= 0.6 is 11.3 Å². The minimum atomic E-state index is 0.106. The molecule has 0 unspecified atom stereocenters. The molecule has 0 radical (unpaired) electrons. The summed E-state index contributed by atoms with van der Waals surface area (Å²) >= 11 is 1.69. The third kappa shape index (κ3) is 4.60. The summed E-state index contributed by atoms with van der Waals surface area (Å²) in [5.74, 6) is 0.917. The lowest BCUT2D eigenvalue weighted by molar-refractivity contribution is -0.130. The monoisotopic (exact) mass is 303 g/mol. The smallest absolute Gasteiger partial charge is 0.226 e. The Labute approximate surface area is 130 Å². The van der Waals surface area contributed by atoms with Crippen LogP contribution in [0.3, 0.4) is 0 Å². The number of rotatable bonds is 6. The number of aryl methyl sites for hydroxylation is 2. The Kier molecular flexibility index (Phi) is 5.39. The number of hydrogen-bond acceptors (Lipinski definition) is 3. The average Bonchev–Trinajstić information content (AvgIpc) is 2.86. The Morgan fingerprint density at radius 2 is 1.90 bits per heavy atom. The zero-order chi connectivity index (χ0) is 15.2. The third-order valence-electron chi connectivity index (χ3n) is 3.38. The van der Waals surface area contributed by atoms with E-state index in [1.807, 2.05) is 38.2 Å². The van der Waals surface area contributed by atoms with Gasteiger partial charge in [0.15, 0.2) is 0 Å². The Morgan fingerprint density at radius 1 is 1.19 bits per heavy atom. The highest BCUT2D eigenvalue weighted by Crippen LogP contribution is 2.17. The molecule has 0 aliphatic carbocycles. The van der Waals surface area contributed by atoms with Crippen LogP contribution in [-0.4, -0.2) is 24.5 Å². The molecular weight excluding hydrogens is 282 g/mol. The number of carbonyl (C=O) groups excluding carboxylic acids is 1. The standard InChI is InChI=1S/C17H21NO2S/c1-13-4-6-15(7-5-13)20-10-8-17(19)18(3)12-16-14(2)9-11-21-16/h4-7,9,11H,8,10,12H2,1-3H3. The molecule has 0 spiro atoms. The molecule has 1 heterocycles. The van der Waals surface area contributed by atoms with Crippen LogP contribution in [0.5, 0.6) is 5.75 Å². The quantitative estimate of drug-likeness (QED) is 0.812. The highest BCUT2D eigenvalue weighted by atomic mass is 32.1. The molecular formula is C17H21NO2S. The molecule has 0 saturated heterocycles. The maximum atomic E-state index is 12.1. The summed E-state index contributed by atoms with van der Waals surface area (Å²) < 4.78 is 5.60. The molecule has 1 aromatic carbocycles. The molecule has 2 rings (SSSR count). The fourth-order valence-electron chi connectivity index (χ4n) is 1.95. The van der Waals surface area contributed by atoms with Crippen LogP contribution in [-0.2, 0) is 11.3 Å². The van der Waals surface area contributed by atoms with Gasteiger partial charge in [0, 0.05) is 11.9 Å². The predicted molar refractivity (Wildman–Crippen MR) is 86.8 cm³/mol. The topological polar surface area (TPSA) is 29.5 Å². The fraction of sp³-hybridized carbons (Fsp3) is 0.353. The Hall–Kier alpha value is -1.81. The van der Waals surface area contributed by atoms with Crippen LogP contribution in [0.1, 0.15) is 22.4 Å². The van der Waals surface area contributed by atoms with Crippen molar-refractivity contribution in [1.29, 1.82) is 0 Å². The first-order valence-corrected chi connectivity index (χ1v) is 7.90. The minimum Gasteiger partial charge on any atom is -0.493 e. The molecule has 4 heteroatoms. The van der Waals surface area contributed by atoms with Crippen molar-refractivity contribution in [2.45, 2.75) is 26.8 Å². The van der Waals surface area contributed by atoms with Crippen LogP contribution in [0, 0.1) is 13.8 Å². The molecule has 0 aliphatic heterocycles. The predicted octanol–water partition coefficient (Wildman–Crippen LogP) is 3.79. The molecule has 0 N–H and O–H groups in total. The zero-order valence-corrected chi connectivity index (χ0v) is 13.6. The van der Waals surface area contributed by atoms with E-state index in [1.54, 1.807) is 16.2 Å². The highest BCUT2D eigenvalue weighted by molar-refractivity contribution is 7.10. The van der Waals surface area contributed by atoms with Crippen molar-refractivity contribution in [3.8, 4) is 5.75 Å². The molecule has 0 atom stereocenters. The number of benzene rings is 1. The summed E-state index contributed by atoms with van der Waals surface area (Å²) in [7, 11) is 1.84. The third-order valence-corrected chi connectivity index (χ3v) is 4.39. The van der Waals surface area contributed by atoms with Crippen molar-refractivity contribution >= 4 is 17.2 Å². The largest absolute Gasteiger partial charge is 0.493 e. The van der Waals surface area contributed by atoms with Crippen LogP contribution in [0.25, 0.3) is 0 Å². The van der Waals surface area contributed by atoms with E-state index < -0.39 is 0 Å². The van der Waals surface area contributed by atoms with Crippen LogP contribution in [0.15, 0.2) is 35.7 Å². The van der Waals surface area contributed by atoms with Gasteiger partial charge in [0.2, 0.25) is 5.91 Å². The van der Waals surface area contributed by atoms with E-state index in [9.17, 15) is 4.79 Å². The number of hydrogen-bond donors (Lipinski definition) is 0. The lowest BCUT2D eigenvalue weighted by Gasteiger charge is -2.17. The zero-order valence-electron chi connectivity index (χ0n) is 12.8. The van der Waals surface area contributed by atoms with Gasteiger partial charge in [-0.05, 0) is 43.0 Å². The Bertz CT molecular complexity index is 589. The van der Waals surface area contributed by atoms with Gasteiger partial charge in [-0.3, -0.25) is 4.79 Å². The van der Waals surface area contributed by atoms with E-state index >= 15 is 0 Å². The van der Waals surface area contributed by atoms with E-state index in [0.717, 1.165) is 5.75 Å². The molecule has 3 nitrogen and oxygen atoms in total. The second-order valence-electron chi connectivity index (χ2n) is 5.19. The lowest BCUT2D eigenvalue weighted by Crippen LogP contribution is -2.27. The summed E-state index contributed by atoms with van der Waals surface area (Å²) in [6.07, 6.45) is 0.398. The number of carbonyl (C=O) groups is 1. The fourth-order valence-corrected chi connectivity index (χ4v) is 2.91. The van der Waals surface area contributed by atoms with Crippen LogP contribution in [0.2, 0.25) is 0 Å². The van der Waals surface area contributed by atoms with Gasteiger partial charge in [-0.2, -0.15) is 0 Å². The molecule has 0 bridgehead atoms. The van der Waals surface area contributed by atoms with Crippen LogP contribution < -0.4 is 4.74 Å². The van der Waals surface area contributed by atoms with Gasteiger partial charge in [0.25, 0.3) is 0 Å². The molecule has 112 valence electrons. The van der Waals surface area contributed by atoms with E-state index in [-0.39, 0.29) is 5.91 Å². The van der Waals surface area contributed by atoms with E-state index in [1.165, 1.54) is 16.0 Å². The lowest BCUT2D eigenvalue weighted by atomic mass is 10.2. The summed E-state index contributed by atoms with van der Waals surface area (Å²) in [5.41, 5.74) is 2.44. The van der Waals surface area contributed by atoms with E-state index in [0.29, 0.717) is 19.6 Å². The molecule has 0 saturated carbocycles. The SMILES string of the molecule is Cc1ccc(OCCC(=O)N(C)Cc2sccc2C)cc1. The van der Waals surface area contributed by atoms with Gasteiger partial charge in [-0.25, -0.2) is 0 Å². The maximum absolute atomic E-state index is 12.1. The second-order valence-corrected chi connectivity index (χ2v) is 6.19. The molecule has 1 amide bonds. The Morgan fingerprint density at radius 3 is 2.52 bits per heavy atom. The summed E-state index contributed by atoms with van der Waals surface area (Å²) in [6.45, 7) is 5.20. The van der Waals surface area contributed by atoms with E-state index in [4.69, 9.17) is 4.74 Å². The summed E-state index contributed by atoms with van der Waals surface area (Å²) in [5, 5.41) is 2.06. The molecule has 0 aliphatic rings. The first-order chi connectivity index (χ1) is 10.1. The summed E-state index contributed by atoms with van der Waals surface area (Å²) in [6, 6.07) is 9.95. The molecule has 1 aromatic heterocycles. The van der Waals surface area contributed by atoms with Gasteiger partial charge in [0.05, 0.1) is 19.6 Å². The van der Waals surface area contributed by atoms with Crippen molar-refractivity contribution in [2.75, 3.05) is 13.7 Å². The molecule has 0 fully saturated rings. The number of amides is 1. The van der Waals surface area contributed by atoms with Crippen molar-refractivity contribution in [1.82, 2.24) is 4.90 Å². The van der Waals surface area contributed by atoms with Crippen molar-refractivity contribution in [2.24, 2.45) is 0 Å². The van der Waals surface area contributed by atoms with Crippen molar-refractivity contribution in [3.05, 3.63) is 51.7 Å². The first kappa shape index (κ1) is 15.6. The first-order valence-electron chi connectivity index (χ1n) is 7.02. The highest BCUT2D eigenvalue weighted by Gasteiger charge is 2.11. The maximum Gasteiger partial charge on any atom is 0.226 e. The summed E-state index contributed by atoms with van der Waals surface area (Å²) in [4.78, 5) is 15.1. The average molecular weight is 303 g/mol. The van der Waals surface area contributed by atoms with Gasteiger partial charge in [0.1, 0.15) is 5.75 Å². The van der Waals surface area contributed by atoms with Gasteiger partial charge < -0.3 is 9.64 Å². The van der Waals surface area contributed by atoms with Gasteiger partial charge >= 0.3 is 0 Å². The molecule has 21 heavy (non-hydrogen) atoms. The van der Waals surface area contributed by atoms with Crippen LogP contribution in [0.4, 0.5) is 0 Å². The van der Waals surface area contributed by atoms with Gasteiger partial charge in [-0.15, -0.1) is 11.3 Å². The second kappa shape index (κ2) is 7.27.